The van der Waals surface area contributed by atoms with Gasteiger partial charge in [-0.25, -0.2) is 0 Å². The molecule has 2 unspecified atom stereocenters. The van der Waals surface area contributed by atoms with E-state index in [4.69, 9.17) is 9.47 Å². The van der Waals surface area contributed by atoms with Gasteiger partial charge in [0.15, 0.2) is 0 Å². The molecule has 196 valence electrons. The zero-order valence-electron chi connectivity index (χ0n) is 22.7. The second kappa shape index (κ2) is 12.7. The Hall–Kier alpha value is -4.76. The number of ether oxygens (including phenoxy) is 2. The highest BCUT2D eigenvalue weighted by molar-refractivity contribution is 5.78. The van der Waals surface area contributed by atoms with Crippen LogP contribution in [0.4, 0.5) is 17.1 Å². The van der Waals surface area contributed by atoms with Crippen molar-refractivity contribution in [3.05, 3.63) is 164 Å². The highest BCUT2D eigenvalue weighted by Gasteiger charge is 2.16. The van der Waals surface area contributed by atoms with Crippen LogP contribution in [0.5, 0.6) is 0 Å². The van der Waals surface area contributed by atoms with Gasteiger partial charge in [-0.15, -0.1) is 0 Å². The summed E-state index contributed by atoms with van der Waals surface area (Å²) in [5.74, 6) is 1.11. The normalized spacial score (nSPS) is 12.1. The molecule has 0 aliphatic rings. The molecule has 0 radical (unpaired) electrons. The van der Waals surface area contributed by atoms with Gasteiger partial charge in [-0.1, -0.05) is 93.0 Å². The molecule has 0 bridgehead atoms. The number of anilines is 3. The molecule has 3 heteroatoms. The number of nitrogens with zero attached hydrogens (tertiary/aromatic N) is 1. The first-order chi connectivity index (χ1) is 18.9. The summed E-state index contributed by atoms with van der Waals surface area (Å²) in [5, 5.41) is 0. The number of allylic oxidation sites excluding steroid dienone is 2. The summed E-state index contributed by atoms with van der Waals surface area (Å²) in [5.41, 5.74) is 7.62. The topological polar surface area (TPSA) is 21.7 Å². The first-order valence-corrected chi connectivity index (χ1v) is 13.0. The highest BCUT2D eigenvalue weighted by atomic mass is 16.5. The molecular weight excluding hydrogens is 478 g/mol. The molecule has 0 saturated carbocycles. The SMILES string of the molecule is C=CC(=C)OC(C)c1ccc(N(c2ccc(-c3ccccc3)cc2)c2ccc(C(C)OC(=C)C=C)cc2)cc1. The van der Waals surface area contributed by atoms with E-state index in [2.05, 4.69) is 128 Å². The Morgan fingerprint density at radius 1 is 0.564 bits per heavy atom. The lowest BCUT2D eigenvalue weighted by Gasteiger charge is -2.27. The standard InChI is InChI=1S/C36H35NO2/c1-7-26(3)38-28(5)30-14-20-34(21-15-30)37(35-22-16-31(17-23-35)29(6)39-27(4)8-2)36-24-18-33(19-25-36)32-12-10-9-11-13-32/h7-25,28-29H,1-4H2,5-6H3. The van der Waals surface area contributed by atoms with Crippen LogP contribution in [0.3, 0.4) is 0 Å². The van der Waals surface area contributed by atoms with E-state index in [0.29, 0.717) is 11.5 Å². The fourth-order valence-corrected chi connectivity index (χ4v) is 4.36. The summed E-state index contributed by atoms with van der Waals surface area (Å²) >= 11 is 0. The molecular formula is C36H35NO2. The largest absolute Gasteiger partial charge is 0.487 e. The van der Waals surface area contributed by atoms with Crippen LogP contribution >= 0.6 is 0 Å². The monoisotopic (exact) mass is 513 g/mol. The van der Waals surface area contributed by atoms with Crippen molar-refractivity contribution in [1.29, 1.82) is 0 Å². The van der Waals surface area contributed by atoms with Crippen LogP contribution < -0.4 is 4.90 Å². The van der Waals surface area contributed by atoms with Gasteiger partial charge in [-0.05, 0) is 84.7 Å². The van der Waals surface area contributed by atoms with Crippen molar-refractivity contribution in [3.63, 3.8) is 0 Å². The highest BCUT2D eigenvalue weighted by Crippen LogP contribution is 2.37. The van der Waals surface area contributed by atoms with Crippen LogP contribution in [0.1, 0.15) is 37.2 Å². The zero-order valence-corrected chi connectivity index (χ0v) is 22.7. The lowest BCUT2D eigenvalue weighted by molar-refractivity contribution is 0.144. The van der Waals surface area contributed by atoms with E-state index in [-0.39, 0.29) is 12.2 Å². The number of hydrogen-bond acceptors (Lipinski definition) is 3. The smallest absolute Gasteiger partial charge is 0.121 e. The van der Waals surface area contributed by atoms with Crippen molar-refractivity contribution in [2.45, 2.75) is 26.1 Å². The molecule has 0 aromatic heterocycles. The molecule has 0 spiro atoms. The minimum atomic E-state index is -0.130. The van der Waals surface area contributed by atoms with Gasteiger partial charge >= 0.3 is 0 Å². The van der Waals surface area contributed by atoms with Gasteiger partial charge in [-0.3, -0.25) is 0 Å². The molecule has 0 heterocycles. The van der Waals surface area contributed by atoms with Crippen molar-refractivity contribution < 1.29 is 9.47 Å². The van der Waals surface area contributed by atoms with Crippen LogP contribution in [0.15, 0.2) is 153 Å². The summed E-state index contributed by atoms with van der Waals surface area (Å²) < 4.78 is 11.7. The summed E-state index contributed by atoms with van der Waals surface area (Å²) in [6.45, 7) is 19.2. The summed E-state index contributed by atoms with van der Waals surface area (Å²) in [6.07, 6.45) is 2.98. The van der Waals surface area contributed by atoms with E-state index in [1.165, 1.54) is 11.1 Å². The average molecular weight is 514 g/mol. The predicted octanol–water partition coefficient (Wildman–Crippen LogP) is 10.4. The van der Waals surface area contributed by atoms with Gasteiger partial charge in [0.2, 0.25) is 0 Å². The van der Waals surface area contributed by atoms with Crippen molar-refractivity contribution in [2.24, 2.45) is 0 Å². The van der Waals surface area contributed by atoms with Gasteiger partial charge in [0.05, 0.1) is 0 Å². The fraction of sp³-hybridized carbons (Fsp3) is 0.111. The minimum Gasteiger partial charge on any atom is -0.487 e. The Morgan fingerprint density at radius 3 is 1.31 bits per heavy atom. The van der Waals surface area contributed by atoms with Gasteiger partial charge < -0.3 is 14.4 Å². The Labute approximate surface area is 232 Å². The van der Waals surface area contributed by atoms with E-state index in [1.54, 1.807) is 12.2 Å². The molecule has 2 atom stereocenters. The van der Waals surface area contributed by atoms with Gasteiger partial charge in [0, 0.05) is 17.1 Å². The molecule has 0 amide bonds. The third-order valence-electron chi connectivity index (χ3n) is 6.59. The van der Waals surface area contributed by atoms with Crippen LogP contribution in [0.2, 0.25) is 0 Å². The molecule has 39 heavy (non-hydrogen) atoms. The average Bonchev–Trinajstić information content (AvgIpc) is 2.98. The number of hydrogen-bond donors (Lipinski definition) is 0. The number of rotatable bonds is 12. The predicted molar refractivity (Wildman–Crippen MR) is 164 cm³/mol. The van der Waals surface area contributed by atoms with Crippen LogP contribution in [-0.4, -0.2) is 0 Å². The van der Waals surface area contributed by atoms with E-state index >= 15 is 0 Å². The molecule has 3 nitrogen and oxygen atoms in total. The molecule has 0 aliphatic heterocycles. The molecule has 4 aromatic carbocycles. The van der Waals surface area contributed by atoms with Gasteiger partial charge in [0.25, 0.3) is 0 Å². The molecule has 0 saturated heterocycles. The maximum Gasteiger partial charge on any atom is 0.121 e. The summed E-state index contributed by atoms with van der Waals surface area (Å²) in [7, 11) is 0. The van der Waals surface area contributed by atoms with Crippen LogP contribution in [0.25, 0.3) is 11.1 Å². The molecule has 4 aromatic rings. The lowest BCUT2D eigenvalue weighted by atomic mass is 10.0. The summed E-state index contributed by atoms with van der Waals surface area (Å²) in [4.78, 5) is 2.24. The molecule has 0 aliphatic carbocycles. The Morgan fingerprint density at radius 2 is 0.923 bits per heavy atom. The summed E-state index contributed by atoms with van der Waals surface area (Å²) in [6, 6.07) is 35.9. The van der Waals surface area contributed by atoms with E-state index in [0.717, 1.165) is 28.2 Å². The Balaban J connectivity index is 1.68. The fourth-order valence-electron chi connectivity index (χ4n) is 4.36. The first-order valence-electron chi connectivity index (χ1n) is 13.0. The second-order valence-electron chi connectivity index (χ2n) is 9.29. The minimum absolute atomic E-state index is 0.130. The maximum absolute atomic E-state index is 5.83. The van der Waals surface area contributed by atoms with Crippen molar-refractivity contribution >= 4 is 17.1 Å². The van der Waals surface area contributed by atoms with Crippen LogP contribution in [0, 0.1) is 0 Å². The van der Waals surface area contributed by atoms with Crippen molar-refractivity contribution in [1.82, 2.24) is 0 Å². The van der Waals surface area contributed by atoms with E-state index in [9.17, 15) is 0 Å². The molecule has 4 rings (SSSR count). The van der Waals surface area contributed by atoms with E-state index < -0.39 is 0 Å². The quantitative estimate of drug-likeness (QED) is 0.139. The first kappa shape index (κ1) is 27.3. The maximum atomic E-state index is 5.83. The van der Waals surface area contributed by atoms with Crippen LogP contribution in [-0.2, 0) is 9.47 Å². The van der Waals surface area contributed by atoms with E-state index in [1.807, 2.05) is 19.9 Å². The number of benzene rings is 4. The van der Waals surface area contributed by atoms with Crippen molar-refractivity contribution in [2.75, 3.05) is 4.90 Å². The molecule has 0 N–H and O–H groups in total. The molecule has 0 fully saturated rings. The lowest BCUT2D eigenvalue weighted by Crippen LogP contribution is -2.10. The third kappa shape index (κ3) is 6.77. The third-order valence-corrected chi connectivity index (χ3v) is 6.59. The zero-order chi connectivity index (χ0) is 27.8. The Bertz CT molecular complexity index is 1350. The van der Waals surface area contributed by atoms with Gasteiger partial charge in [-0.2, -0.15) is 0 Å². The van der Waals surface area contributed by atoms with Crippen molar-refractivity contribution in [3.8, 4) is 11.1 Å². The second-order valence-corrected chi connectivity index (χ2v) is 9.29. The Kier molecular flexibility index (Phi) is 8.86. The van der Waals surface area contributed by atoms with Gasteiger partial charge in [0.1, 0.15) is 23.7 Å².